The van der Waals surface area contributed by atoms with E-state index in [-0.39, 0.29) is 12.3 Å². The fourth-order valence-corrected chi connectivity index (χ4v) is 4.47. The predicted molar refractivity (Wildman–Crippen MR) is 99.9 cm³/mol. The van der Waals surface area contributed by atoms with Gasteiger partial charge in [0.1, 0.15) is 11.7 Å². The molecule has 27 heavy (non-hydrogen) atoms. The maximum absolute atomic E-state index is 13.5. The molecule has 1 spiro atoms. The van der Waals surface area contributed by atoms with Gasteiger partial charge in [-0.2, -0.15) is 0 Å². The highest BCUT2D eigenvalue weighted by Gasteiger charge is 2.56. The molecule has 1 N–H and O–H groups in total. The third-order valence-electron chi connectivity index (χ3n) is 5.87. The number of rotatable bonds is 2. The average molecular weight is 366 g/mol. The van der Waals surface area contributed by atoms with Crippen molar-refractivity contribution in [2.75, 3.05) is 25.5 Å². The monoisotopic (exact) mass is 366 g/mol. The molecule has 6 nitrogen and oxygen atoms in total. The standard InChI is InChI=1S/C21H22N2O4/c1-20(13-24)8-5-10-23-11-9-21(19(23)26)15-6-3-4-7-16(15)22-17(21)14(12-20)18(25)27-2/h3-8,13,22H,9-12H2,1-2H3/b8-5-,17-14-/t20-,21-/m0/s1. The first-order chi connectivity index (χ1) is 12.9. The first-order valence-corrected chi connectivity index (χ1v) is 9.07. The first-order valence-electron chi connectivity index (χ1n) is 9.07. The van der Waals surface area contributed by atoms with Gasteiger partial charge in [0.05, 0.1) is 12.7 Å². The summed E-state index contributed by atoms with van der Waals surface area (Å²) in [6.07, 6.45) is 5.23. The van der Waals surface area contributed by atoms with E-state index in [2.05, 4.69) is 5.32 Å². The fourth-order valence-electron chi connectivity index (χ4n) is 4.47. The van der Waals surface area contributed by atoms with E-state index in [1.165, 1.54) is 7.11 Å². The van der Waals surface area contributed by atoms with Crippen molar-refractivity contribution >= 4 is 23.9 Å². The van der Waals surface area contributed by atoms with E-state index in [0.29, 0.717) is 30.8 Å². The van der Waals surface area contributed by atoms with Crippen molar-refractivity contribution in [2.24, 2.45) is 5.41 Å². The van der Waals surface area contributed by atoms with Gasteiger partial charge in [-0.15, -0.1) is 0 Å². The Bertz CT molecular complexity index is 903. The number of allylic oxidation sites excluding steroid dienone is 1. The van der Waals surface area contributed by atoms with Gasteiger partial charge < -0.3 is 19.7 Å². The minimum absolute atomic E-state index is 0.0179. The van der Waals surface area contributed by atoms with Crippen LogP contribution in [0.25, 0.3) is 0 Å². The Hall–Kier alpha value is -2.89. The number of carbonyl (C=O) groups is 3. The number of nitrogens with one attached hydrogen (secondary N) is 1. The molecule has 0 aromatic heterocycles. The normalized spacial score (nSPS) is 33.0. The zero-order valence-corrected chi connectivity index (χ0v) is 15.5. The number of nitrogens with zero attached hydrogens (tertiary/aromatic N) is 1. The molecule has 2 bridgehead atoms. The zero-order valence-electron chi connectivity index (χ0n) is 15.5. The van der Waals surface area contributed by atoms with E-state index >= 15 is 0 Å². The maximum atomic E-state index is 13.5. The number of methoxy groups -OCH3 is 1. The van der Waals surface area contributed by atoms with E-state index < -0.39 is 16.8 Å². The fraction of sp³-hybridized carbons (Fsp3) is 0.381. The topological polar surface area (TPSA) is 75.7 Å². The Morgan fingerprint density at radius 3 is 2.85 bits per heavy atom. The van der Waals surface area contributed by atoms with Crippen LogP contribution in [0.1, 0.15) is 25.3 Å². The Labute approximate surface area is 157 Å². The Balaban J connectivity index is 2.01. The van der Waals surface area contributed by atoms with Gasteiger partial charge in [-0.25, -0.2) is 4.79 Å². The van der Waals surface area contributed by atoms with Gasteiger partial charge in [-0.3, -0.25) is 4.79 Å². The van der Waals surface area contributed by atoms with Crippen LogP contribution in [0.3, 0.4) is 0 Å². The van der Waals surface area contributed by atoms with Crippen molar-refractivity contribution in [3.8, 4) is 0 Å². The van der Waals surface area contributed by atoms with Gasteiger partial charge in [-0.1, -0.05) is 30.4 Å². The van der Waals surface area contributed by atoms with Crippen LogP contribution in [0.15, 0.2) is 47.7 Å². The molecule has 4 rings (SSSR count). The molecule has 0 saturated carbocycles. The molecule has 2 atom stereocenters. The number of para-hydroxylation sites is 1. The second-order valence-electron chi connectivity index (χ2n) is 7.63. The van der Waals surface area contributed by atoms with Crippen LogP contribution in [0, 0.1) is 5.41 Å². The maximum Gasteiger partial charge on any atom is 0.335 e. The highest BCUT2D eigenvalue weighted by atomic mass is 16.5. The average Bonchev–Trinajstić information content (AvgIpc) is 3.18. The van der Waals surface area contributed by atoms with Gasteiger partial charge in [0.2, 0.25) is 5.91 Å². The van der Waals surface area contributed by atoms with Crippen LogP contribution in [0.5, 0.6) is 0 Å². The van der Waals surface area contributed by atoms with Crippen molar-refractivity contribution in [1.29, 1.82) is 0 Å². The number of hydrogen-bond donors (Lipinski definition) is 1. The molecule has 1 aromatic rings. The lowest BCUT2D eigenvalue weighted by molar-refractivity contribution is -0.136. The third-order valence-corrected chi connectivity index (χ3v) is 5.87. The highest BCUT2D eigenvalue weighted by Crippen LogP contribution is 2.52. The van der Waals surface area contributed by atoms with Gasteiger partial charge in [0.15, 0.2) is 0 Å². The number of benzene rings is 1. The number of esters is 1. The van der Waals surface area contributed by atoms with Crippen molar-refractivity contribution in [2.45, 2.75) is 25.2 Å². The molecule has 6 heteroatoms. The number of carbonyl (C=O) groups excluding carboxylic acids is 3. The van der Waals surface area contributed by atoms with Crippen LogP contribution in [0.2, 0.25) is 0 Å². The lowest BCUT2D eigenvalue weighted by atomic mass is 9.74. The number of aldehydes is 1. The van der Waals surface area contributed by atoms with Gasteiger partial charge in [0.25, 0.3) is 0 Å². The largest absolute Gasteiger partial charge is 0.466 e. The van der Waals surface area contributed by atoms with E-state index in [0.717, 1.165) is 17.5 Å². The van der Waals surface area contributed by atoms with Crippen LogP contribution in [-0.4, -0.2) is 43.3 Å². The van der Waals surface area contributed by atoms with Crippen LogP contribution in [0.4, 0.5) is 5.69 Å². The molecule has 0 unspecified atom stereocenters. The van der Waals surface area contributed by atoms with E-state index in [9.17, 15) is 14.4 Å². The van der Waals surface area contributed by atoms with Crippen molar-refractivity contribution in [3.63, 3.8) is 0 Å². The van der Waals surface area contributed by atoms with Crippen molar-refractivity contribution in [1.82, 2.24) is 4.90 Å². The number of amides is 1. The quantitative estimate of drug-likeness (QED) is 0.493. The summed E-state index contributed by atoms with van der Waals surface area (Å²) in [7, 11) is 1.32. The summed E-state index contributed by atoms with van der Waals surface area (Å²) < 4.78 is 5.04. The molecule has 0 aliphatic carbocycles. The SMILES string of the molecule is COC(=O)/C1=C2\Nc3ccccc3[C@@]23CCN(C/C=C\[C@](C)(C=O)C1)C3=O. The molecule has 140 valence electrons. The summed E-state index contributed by atoms with van der Waals surface area (Å²) >= 11 is 0. The molecule has 0 radical (unpaired) electrons. The van der Waals surface area contributed by atoms with Crippen LogP contribution >= 0.6 is 0 Å². The number of hydrogen-bond acceptors (Lipinski definition) is 5. The van der Waals surface area contributed by atoms with Crippen LogP contribution < -0.4 is 5.32 Å². The molecule has 1 saturated heterocycles. The van der Waals surface area contributed by atoms with Crippen LogP contribution in [-0.2, 0) is 24.5 Å². The predicted octanol–water partition coefficient (Wildman–Crippen LogP) is 2.17. The van der Waals surface area contributed by atoms with E-state index in [4.69, 9.17) is 4.74 Å². The number of fused-ring (bicyclic) bond motifs is 2. The van der Waals surface area contributed by atoms with Gasteiger partial charge in [-0.05, 0) is 31.4 Å². The molecule has 3 aliphatic heterocycles. The van der Waals surface area contributed by atoms with E-state index in [1.807, 2.05) is 30.3 Å². The minimum Gasteiger partial charge on any atom is -0.466 e. The lowest BCUT2D eigenvalue weighted by Gasteiger charge is -2.30. The number of ether oxygens (including phenoxy) is 1. The summed E-state index contributed by atoms with van der Waals surface area (Å²) in [6.45, 7) is 2.83. The van der Waals surface area contributed by atoms with E-state index in [1.54, 1.807) is 17.9 Å². The second kappa shape index (κ2) is 6.08. The molecule has 1 amide bonds. The molecular weight excluding hydrogens is 344 g/mol. The van der Waals surface area contributed by atoms with Gasteiger partial charge in [0, 0.05) is 29.9 Å². The minimum atomic E-state index is -0.922. The Kier molecular flexibility index (Phi) is 3.94. The summed E-state index contributed by atoms with van der Waals surface area (Å²) in [6, 6.07) is 7.64. The summed E-state index contributed by atoms with van der Waals surface area (Å²) in [5.41, 5.74) is 0.844. The summed E-state index contributed by atoms with van der Waals surface area (Å²) in [5, 5.41) is 3.32. The van der Waals surface area contributed by atoms with Crippen molar-refractivity contribution in [3.05, 3.63) is 53.3 Å². The third kappa shape index (κ3) is 2.43. The Morgan fingerprint density at radius 2 is 2.11 bits per heavy atom. The summed E-state index contributed by atoms with van der Waals surface area (Å²) in [5.74, 6) is -0.534. The Morgan fingerprint density at radius 1 is 1.33 bits per heavy atom. The number of anilines is 1. The highest BCUT2D eigenvalue weighted by molar-refractivity contribution is 6.03. The van der Waals surface area contributed by atoms with Crippen molar-refractivity contribution < 1.29 is 19.1 Å². The molecule has 1 aromatic carbocycles. The summed E-state index contributed by atoms with van der Waals surface area (Å²) in [4.78, 5) is 39.8. The lowest BCUT2D eigenvalue weighted by Crippen LogP contribution is -2.40. The second-order valence-corrected chi connectivity index (χ2v) is 7.63. The molecular formula is C21H22N2O4. The smallest absolute Gasteiger partial charge is 0.335 e. The first kappa shape index (κ1) is 17.5. The van der Waals surface area contributed by atoms with Gasteiger partial charge >= 0.3 is 5.97 Å². The molecule has 1 fully saturated rings. The molecule has 3 aliphatic rings. The zero-order chi connectivity index (χ0) is 19.2. The molecule has 3 heterocycles.